The molecule has 6 nitrogen and oxygen atoms in total. The van der Waals surface area contributed by atoms with Gasteiger partial charge in [0.2, 0.25) is 5.91 Å². The van der Waals surface area contributed by atoms with E-state index < -0.39 is 6.04 Å². The highest BCUT2D eigenvalue weighted by molar-refractivity contribution is 7.71. The van der Waals surface area contributed by atoms with Crippen LogP contribution in [0.1, 0.15) is 25.8 Å². The van der Waals surface area contributed by atoms with Crippen molar-refractivity contribution < 1.29 is 4.79 Å². The molecule has 1 saturated carbocycles. The van der Waals surface area contributed by atoms with E-state index in [9.17, 15) is 4.79 Å². The molecule has 1 fully saturated rings. The summed E-state index contributed by atoms with van der Waals surface area (Å²) in [5, 5.41) is 9.97. The second-order valence-corrected chi connectivity index (χ2v) is 5.30. The van der Waals surface area contributed by atoms with Gasteiger partial charge in [0.05, 0.1) is 0 Å². The average Bonchev–Trinajstić information content (AvgIpc) is 3.19. The normalized spacial score (nSPS) is 15.8. The third-order valence-electron chi connectivity index (χ3n) is 3.33. The third-order valence-corrected chi connectivity index (χ3v) is 3.62. The van der Waals surface area contributed by atoms with Crippen LogP contribution in [0.4, 0.5) is 0 Å². The lowest BCUT2D eigenvalue weighted by Gasteiger charge is -2.15. The van der Waals surface area contributed by atoms with E-state index in [1.54, 1.807) is 17.0 Å². The Bertz CT molecular complexity index is 674. The highest BCUT2D eigenvalue weighted by Gasteiger charge is 2.27. The lowest BCUT2D eigenvalue weighted by Crippen LogP contribution is -2.32. The predicted octanol–water partition coefficient (Wildman–Crippen LogP) is 1.84. The minimum absolute atomic E-state index is 0.0275. The molecule has 2 aromatic rings. The molecule has 1 aliphatic rings. The molecule has 0 radical (unpaired) electrons. The van der Waals surface area contributed by atoms with Gasteiger partial charge in [-0.2, -0.15) is 5.10 Å². The Labute approximate surface area is 121 Å². The van der Waals surface area contributed by atoms with Gasteiger partial charge in [-0.25, -0.2) is 0 Å². The van der Waals surface area contributed by atoms with Crippen LogP contribution in [0, 0.1) is 4.77 Å². The van der Waals surface area contributed by atoms with Crippen molar-refractivity contribution in [3.05, 3.63) is 29.3 Å². The van der Waals surface area contributed by atoms with Crippen LogP contribution in [0.15, 0.2) is 24.5 Å². The summed E-state index contributed by atoms with van der Waals surface area (Å²) in [6.45, 7) is 1.83. The van der Waals surface area contributed by atoms with Gasteiger partial charge in [-0.3, -0.25) is 19.4 Å². The largest absolute Gasteiger partial charge is 0.352 e. The molecular weight excluding hydrogens is 274 g/mol. The summed E-state index contributed by atoms with van der Waals surface area (Å²) >= 11 is 5.25. The van der Waals surface area contributed by atoms with E-state index >= 15 is 0 Å². The molecular formula is C13H15N5OS. The number of pyridine rings is 1. The summed E-state index contributed by atoms with van der Waals surface area (Å²) in [5.41, 5.74) is 0.874. The number of amides is 1. The van der Waals surface area contributed by atoms with E-state index in [0.717, 1.165) is 18.4 Å². The summed E-state index contributed by atoms with van der Waals surface area (Å²) in [4.78, 5) is 16.2. The lowest BCUT2D eigenvalue weighted by molar-refractivity contribution is -0.124. The zero-order valence-corrected chi connectivity index (χ0v) is 11.9. The zero-order chi connectivity index (χ0) is 14.1. The molecule has 1 unspecified atom stereocenters. The first-order valence-electron chi connectivity index (χ1n) is 6.54. The van der Waals surface area contributed by atoms with Gasteiger partial charge in [-0.05, 0) is 44.1 Å². The number of hydrogen-bond acceptors (Lipinski definition) is 4. The first-order valence-corrected chi connectivity index (χ1v) is 6.95. The fourth-order valence-corrected chi connectivity index (χ4v) is 2.33. The van der Waals surface area contributed by atoms with Crippen molar-refractivity contribution in [3.63, 3.8) is 0 Å². The number of aromatic amines is 1. The van der Waals surface area contributed by atoms with Crippen molar-refractivity contribution in [3.8, 4) is 11.4 Å². The molecule has 0 saturated heterocycles. The van der Waals surface area contributed by atoms with Gasteiger partial charge in [0, 0.05) is 24.0 Å². The Hall–Kier alpha value is -2.02. The Morgan fingerprint density at radius 1 is 1.50 bits per heavy atom. The SMILES string of the molecule is CC(C(=O)NC1CC1)n1c(-c2ccncc2)n[nH]c1=S. The Morgan fingerprint density at radius 2 is 2.20 bits per heavy atom. The molecule has 3 rings (SSSR count). The third kappa shape index (κ3) is 2.49. The average molecular weight is 289 g/mol. The molecule has 1 atom stereocenters. The van der Waals surface area contributed by atoms with Crippen molar-refractivity contribution in [2.75, 3.05) is 0 Å². The predicted molar refractivity (Wildman–Crippen MR) is 76.5 cm³/mol. The van der Waals surface area contributed by atoms with Gasteiger partial charge in [-0.15, -0.1) is 0 Å². The summed E-state index contributed by atoms with van der Waals surface area (Å²) in [6, 6.07) is 3.61. The highest BCUT2D eigenvalue weighted by Crippen LogP contribution is 2.23. The van der Waals surface area contributed by atoms with Crippen LogP contribution < -0.4 is 5.32 Å². The van der Waals surface area contributed by atoms with Crippen molar-refractivity contribution >= 4 is 18.1 Å². The van der Waals surface area contributed by atoms with Gasteiger partial charge in [-0.1, -0.05) is 0 Å². The fraction of sp³-hybridized carbons (Fsp3) is 0.385. The number of aromatic nitrogens is 4. The molecule has 2 aromatic heterocycles. The van der Waals surface area contributed by atoms with E-state index in [2.05, 4.69) is 20.5 Å². The smallest absolute Gasteiger partial charge is 0.243 e. The molecule has 104 valence electrons. The second kappa shape index (κ2) is 5.16. The zero-order valence-electron chi connectivity index (χ0n) is 11.0. The van der Waals surface area contributed by atoms with Crippen molar-refractivity contribution in [2.45, 2.75) is 31.8 Å². The maximum absolute atomic E-state index is 12.2. The Kier molecular flexibility index (Phi) is 3.35. The van der Waals surface area contributed by atoms with Crippen LogP contribution >= 0.6 is 12.2 Å². The molecule has 1 amide bonds. The standard InChI is InChI=1S/C13H15N5OS/c1-8(12(19)15-10-2-3-10)18-11(16-17-13(18)20)9-4-6-14-7-5-9/h4-8,10H,2-3H2,1H3,(H,15,19)(H,17,20). The molecule has 2 N–H and O–H groups in total. The van der Waals surface area contributed by atoms with Crippen LogP contribution in [0.2, 0.25) is 0 Å². The summed E-state index contributed by atoms with van der Waals surface area (Å²) in [5.74, 6) is 0.621. The number of carbonyl (C=O) groups excluding carboxylic acids is 1. The summed E-state index contributed by atoms with van der Waals surface area (Å²) in [7, 11) is 0. The number of H-pyrrole nitrogens is 1. The second-order valence-electron chi connectivity index (χ2n) is 4.92. The van der Waals surface area contributed by atoms with Gasteiger partial charge in [0.25, 0.3) is 0 Å². The minimum atomic E-state index is -0.398. The van der Waals surface area contributed by atoms with Gasteiger partial charge in [0.15, 0.2) is 10.6 Å². The molecule has 7 heteroatoms. The van der Waals surface area contributed by atoms with Crippen molar-refractivity contribution in [1.82, 2.24) is 25.1 Å². The van der Waals surface area contributed by atoms with Gasteiger partial charge < -0.3 is 5.32 Å². The first kappa shape index (κ1) is 13.0. The Morgan fingerprint density at radius 3 is 2.85 bits per heavy atom. The fourth-order valence-electron chi connectivity index (χ4n) is 2.04. The number of nitrogens with one attached hydrogen (secondary N) is 2. The van der Waals surface area contributed by atoms with Crippen LogP contribution in [-0.2, 0) is 4.79 Å². The summed E-state index contributed by atoms with van der Waals surface area (Å²) < 4.78 is 2.18. The maximum Gasteiger partial charge on any atom is 0.243 e. The van der Waals surface area contributed by atoms with Crippen LogP contribution in [0.3, 0.4) is 0 Å². The molecule has 0 bridgehead atoms. The van der Waals surface area contributed by atoms with Crippen molar-refractivity contribution in [2.24, 2.45) is 0 Å². The van der Waals surface area contributed by atoms with E-state index in [1.807, 2.05) is 19.1 Å². The van der Waals surface area contributed by atoms with Crippen molar-refractivity contribution in [1.29, 1.82) is 0 Å². The topological polar surface area (TPSA) is 75.6 Å². The first-order chi connectivity index (χ1) is 9.66. The quantitative estimate of drug-likeness (QED) is 0.842. The number of carbonyl (C=O) groups is 1. The lowest BCUT2D eigenvalue weighted by atomic mass is 10.2. The van der Waals surface area contributed by atoms with E-state index in [0.29, 0.717) is 16.6 Å². The molecule has 0 aromatic carbocycles. The Balaban J connectivity index is 1.94. The highest BCUT2D eigenvalue weighted by atomic mass is 32.1. The van der Waals surface area contributed by atoms with E-state index in [-0.39, 0.29) is 5.91 Å². The number of rotatable bonds is 4. The number of hydrogen-bond donors (Lipinski definition) is 2. The minimum Gasteiger partial charge on any atom is -0.352 e. The van der Waals surface area contributed by atoms with Crippen LogP contribution in [0.5, 0.6) is 0 Å². The van der Waals surface area contributed by atoms with Gasteiger partial charge >= 0.3 is 0 Å². The van der Waals surface area contributed by atoms with Crippen LogP contribution in [-0.4, -0.2) is 31.7 Å². The molecule has 2 heterocycles. The maximum atomic E-state index is 12.2. The molecule has 20 heavy (non-hydrogen) atoms. The number of nitrogens with zero attached hydrogens (tertiary/aromatic N) is 3. The van der Waals surface area contributed by atoms with Crippen LogP contribution in [0.25, 0.3) is 11.4 Å². The van der Waals surface area contributed by atoms with Gasteiger partial charge in [0.1, 0.15) is 6.04 Å². The molecule has 0 spiro atoms. The molecule has 0 aliphatic heterocycles. The molecule has 1 aliphatic carbocycles. The van der Waals surface area contributed by atoms with E-state index in [1.165, 1.54) is 0 Å². The summed E-state index contributed by atoms with van der Waals surface area (Å²) in [6.07, 6.45) is 5.50. The van der Waals surface area contributed by atoms with E-state index in [4.69, 9.17) is 12.2 Å². The monoisotopic (exact) mass is 289 g/mol.